The molecule has 0 radical (unpaired) electrons. The van der Waals surface area contributed by atoms with E-state index in [0.29, 0.717) is 13.1 Å². The predicted molar refractivity (Wildman–Crippen MR) is 69.8 cm³/mol. The molecule has 0 amide bonds. The standard InChI is InChI=1S/C11H25N3O2S/c1-10(2)13(3)17(15,16)14(9-8-12)11-6-4-5-7-11/h10-11H,4-9,12H2,1-3H3. The van der Waals surface area contributed by atoms with Gasteiger partial charge in [-0.25, -0.2) is 0 Å². The van der Waals surface area contributed by atoms with Crippen molar-refractivity contribution in [1.82, 2.24) is 8.61 Å². The molecule has 0 aromatic heterocycles. The van der Waals surface area contributed by atoms with E-state index in [4.69, 9.17) is 5.73 Å². The molecule has 0 aromatic rings. The van der Waals surface area contributed by atoms with Gasteiger partial charge in [0.2, 0.25) is 0 Å². The molecule has 0 saturated heterocycles. The molecule has 1 saturated carbocycles. The molecule has 1 aliphatic rings. The molecule has 1 rings (SSSR count). The van der Waals surface area contributed by atoms with E-state index in [1.165, 1.54) is 4.31 Å². The minimum absolute atomic E-state index is 0.0262. The molecule has 2 N–H and O–H groups in total. The Labute approximate surface area is 105 Å². The van der Waals surface area contributed by atoms with Crippen LogP contribution in [0.15, 0.2) is 0 Å². The monoisotopic (exact) mass is 263 g/mol. The lowest BCUT2D eigenvalue weighted by atomic mass is 10.2. The Hall–Kier alpha value is -0.170. The van der Waals surface area contributed by atoms with E-state index in [-0.39, 0.29) is 12.1 Å². The number of hydrogen-bond acceptors (Lipinski definition) is 3. The van der Waals surface area contributed by atoms with E-state index in [1.54, 1.807) is 11.4 Å². The van der Waals surface area contributed by atoms with Crippen LogP contribution in [0.2, 0.25) is 0 Å². The first-order valence-electron chi connectivity index (χ1n) is 6.36. The van der Waals surface area contributed by atoms with Crippen LogP contribution in [0.4, 0.5) is 0 Å². The van der Waals surface area contributed by atoms with Crippen LogP contribution in [0.3, 0.4) is 0 Å². The van der Waals surface area contributed by atoms with Gasteiger partial charge < -0.3 is 5.73 Å². The van der Waals surface area contributed by atoms with E-state index in [2.05, 4.69) is 0 Å². The zero-order valence-electron chi connectivity index (χ0n) is 11.1. The Morgan fingerprint density at radius 3 is 2.24 bits per heavy atom. The number of hydrogen-bond donors (Lipinski definition) is 1. The van der Waals surface area contributed by atoms with E-state index >= 15 is 0 Å². The van der Waals surface area contributed by atoms with Crippen molar-refractivity contribution in [3.8, 4) is 0 Å². The second kappa shape index (κ2) is 6.13. The first kappa shape index (κ1) is 14.9. The molecule has 0 bridgehead atoms. The van der Waals surface area contributed by atoms with Crippen molar-refractivity contribution in [1.29, 1.82) is 0 Å². The van der Waals surface area contributed by atoms with Crippen LogP contribution in [-0.4, -0.2) is 49.2 Å². The molecule has 0 atom stereocenters. The van der Waals surface area contributed by atoms with Crippen molar-refractivity contribution >= 4 is 10.2 Å². The third-order valence-corrected chi connectivity index (χ3v) is 5.69. The minimum atomic E-state index is -3.36. The first-order valence-corrected chi connectivity index (χ1v) is 7.75. The Bertz CT molecular complexity index is 324. The smallest absolute Gasteiger partial charge is 0.282 e. The summed E-state index contributed by atoms with van der Waals surface area (Å²) in [6.07, 6.45) is 4.16. The Kier molecular flexibility index (Phi) is 5.37. The third kappa shape index (κ3) is 3.40. The molecule has 0 unspecified atom stereocenters. The van der Waals surface area contributed by atoms with Gasteiger partial charge in [0.1, 0.15) is 0 Å². The van der Waals surface area contributed by atoms with E-state index in [1.807, 2.05) is 13.8 Å². The summed E-state index contributed by atoms with van der Waals surface area (Å²) < 4.78 is 27.9. The van der Waals surface area contributed by atoms with Gasteiger partial charge in [0, 0.05) is 32.2 Å². The average molecular weight is 263 g/mol. The summed E-state index contributed by atoms with van der Waals surface area (Å²) in [5, 5.41) is 0. The molecular formula is C11H25N3O2S. The molecule has 1 aliphatic carbocycles. The summed E-state index contributed by atoms with van der Waals surface area (Å²) in [4.78, 5) is 0. The largest absolute Gasteiger partial charge is 0.329 e. The molecule has 17 heavy (non-hydrogen) atoms. The third-order valence-electron chi connectivity index (χ3n) is 3.47. The van der Waals surface area contributed by atoms with Crippen molar-refractivity contribution < 1.29 is 8.42 Å². The van der Waals surface area contributed by atoms with Gasteiger partial charge in [-0.3, -0.25) is 0 Å². The van der Waals surface area contributed by atoms with Gasteiger partial charge in [-0.05, 0) is 26.7 Å². The van der Waals surface area contributed by atoms with Gasteiger partial charge in [-0.2, -0.15) is 17.0 Å². The van der Waals surface area contributed by atoms with Gasteiger partial charge >= 0.3 is 0 Å². The molecular weight excluding hydrogens is 238 g/mol. The Balaban J connectivity index is 2.88. The molecule has 6 heteroatoms. The topological polar surface area (TPSA) is 66.6 Å². The van der Waals surface area contributed by atoms with Crippen LogP contribution in [-0.2, 0) is 10.2 Å². The summed E-state index contributed by atoms with van der Waals surface area (Å²) in [5.74, 6) is 0. The summed E-state index contributed by atoms with van der Waals surface area (Å²) in [6, 6.07) is 0.117. The van der Waals surface area contributed by atoms with Crippen molar-refractivity contribution in [2.75, 3.05) is 20.1 Å². The maximum absolute atomic E-state index is 12.4. The van der Waals surface area contributed by atoms with Gasteiger partial charge in [0.15, 0.2) is 0 Å². The van der Waals surface area contributed by atoms with Crippen molar-refractivity contribution in [2.24, 2.45) is 5.73 Å². The van der Waals surface area contributed by atoms with Crippen LogP contribution in [0, 0.1) is 0 Å². The fourth-order valence-corrected chi connectivity index (χ4v) is 4.03. The molecule has 102 valence electrons. The maximum Gasteiger partial charge on any atom is 0.282 e. The summed E-state index contributed by atoms with van der Waals surface area (Å²) >= 11 is 0. The zero-order valence-corrected chi connectivity index (χ0v) is 11.9. The number of rotatable bonds is 6. The summed E-state index contributed by atoms with van der Waals surface area (Å²) in [5.41, 5.74) is 5.55. The molecule has 5 nitrogen and oxygen atoms in total. The lowest BCUT2D eigenvalue weighted by molar-refractivity contribution is 0.287. The average Bonchev–Trinajstić information content (AvgIpc) is 2.77. The molecule has 0 aliphatic heterocycles. The highest BCUT2D eigenvalue weighted by atomic mass is 32.2. The highest BCUT2D eigenvalue weighted by Crippen LogP contribution is 2.26. The fourth-order valence-electron chi connectivity index (χ4n) is 2.24. The highest BCUT2D eigenvalue weighted by molar-refractivity contribution is 7.86. The molecule has 0 spiro atoms. The van der Waals surface area contributed by atoms with Crippen LogP contribution >= 0.6 is 0 Å². The van der Waals surface area contributed by atoms with Crippen LogP contribution in [0.25, 0.3) is 0 Å². The number of nitrogens with zero attached hydrogens (tertiary/aromatic N) is 2. The highest BCUT2D eigenvalue weighted by Gasteiger charge is 2.34. The van der Waals surface area contributed by atoms with Gasteiger partial charge in [-0.15, -0.1) is 0 Å². The Morgan fingerprint density at radius 1 is 1.29 bits per heavy atom. The van der Waals surface area contributed by atoms with Crippen molar-refractivity contribution in [3.05, 3.63) is 0 Å². The van der Waals surface area contributed by atoms with E-state index in [9.17, 15) is 8.42 Å². The minimum Gasteiger partial charge on any atom is -0.329 e. The van der Waals surface area contributed by atoms with Crippen LogP contribution in [0.1, 0.15) is 39.5 Å². The lowest BCUT2D eigenvalue weighted by Gasteiger charge is -2.33. The van der Waals surface area contributed by atoms with Crippen molar-refractivity contribution in [2.45, 2.75) is 51.6 Å². The predicted octanol–water partition coefficient (Wildman–Crippen LogP) is 0.775. The van der Waals surface area contributed by atoms with Gasteiger partial charge in [-0.1, -0.05) is 12.8 Å². The second-order valence-electron chi connectivity index (χ2n) is 4.96. The van der Waals surface area contributed by atoms with E-state index < -0.39 is 10.2 Å². The van der Waals surface area contributed by atoms with Gasteiger partial charge in [0.05, 0.1) is 0 Å². The summed E-state index contributed by atoms with van der Waals surface area (Å²) in [6.45, 7) is 4.56. The fraction of sp³-hybridized carbons (Fsp3) is 1.00. The molecule has 0 heterocycles. The first-order chi connectivity index (χ1) is 7.91. The van der Waals surface area contributed by atoms with E-state index in [0.717, 1.165) is 25.7 Å². The molecule has 1 fully saturated rings. The lowest BCUT2D eigenvalue weighted by Crippen LogP contribution is -2.50. The number of nitrogens with two attached hydrogens (primary N) is 1. The zero-order chi connectivity index (χ0) is 13.1. The Morgan fingerprint density at radius 2 is 1.82 bits per heavy atom. The van der Waals surface area contributed by atoms with Crippen LogP contribution < -0.4 is 5.73 Å². The molecule has 0 aromatic carbocycles. The summed E-state index contributed by atoms with van der Waals surface area (Å²) in [7, 11) is -1.72. The normalized spacial score (nSPS) is 18.8. The second-order valence-corrected chi connectivity index (χ2v) is 6.90. The van der Waals surface area contributed by atoms with Gasteiger partial charge in [0.25, 0.3) is 10.2 Å². The quantitative estimate of drug-likeness (QED) is 0.770. The van der Waals surface area contributed by atoms with Crippen LogP contribution in [0.5, 0.6) is 0 Å². The SMILES string of the molecule is CC(C)N(C)S(=O)(=O)N(CCN)C1CCCC1. The maximum atomic E-state index is 12.4. The van der Waals surface area contributed by atoms with Crippen molar-refractivity contribution in [3.63, 3.8) is 0 Å².